The Labute approximate surface area is 140 Å². The third kappa shape index (κ3) is 5.67. The fourth-order valence-electron chi connectivity index (χ4n) is 1.80. The van der Waals surface area contributed by atoms with Crippen LogP contribution in [0.4, 0.5) is 5.00 Å². The summed E-state index contributed by atoms with van der Waals surface area (Å²) >= 11 is 1.16. The van der Waals surface area contributed by atoms with Crippen molar-refractivity contribution in [3.63, 3.8) is 0 Å². The molecule has 1 aromatic heterocycles. The lowest BCUT2D eigenvalue weighted by molar-refractivity contribution is -0.107. The van der Waals surface area contributed by atoms with Crippen LogP contribution in [0.5, 0.6) is 0 Å². The molecule has 0 aromatic carbocycles. The predicted octanol–water partition coefficient (Wildman–Crippen LogP) is 2.91. The van der Waals surface area contributed by atoms with Crippen LogP contribution >= 0.6 is 11.3 Å². The van der Waals surface area contributed by atoms with Crippen LogP contribution in [0.25, 0.3) is 0 Å². The van der Waals surface area contributed by atoms with Gasteiger partial charge in [-0.05, 0) is 33.8 Å². The molecule has 0 aliphatic carbocycles. The zero-order valence-corrected chi connectivity index (χ0v) is 15.0. The second-order valence-corrected chi connectivity index (χ2v) is 6.96. The lowest BCUT2D eigenvalue weighted by Crippen LogP contribution is -2.23. The van der Waals surface area contributed by atoms with Gasteiger partial charge in [0.25, 0.3) is 0 Å². The number of ether oxygens (including phenoxy) is 2. The van der Waals surface area contributed by atoms with E-state index in [0.29, 0.717) is 28.4 Å². The van der Waals surface area contributed by atoms with E-state index < -0.39 is 17.5 Å². The minimum Gasteiger partial charge on any atom is -0.462 e. The van der Waals surface area contributed by atoms with E-state index in [2.05, 4.69) is 0 Å². The van der Waals surface area contributed by atoms with Gasteiger partial charge in [-0.1, -0.05) is 0 Å². The second-order valence-electron chi connectivity index (χ2n) is 5.93. The largest absolute Gasteiger partial charge is 0.462 e. The van der Waals surface area contributed by atoms with Gasteiger partial charge in [0.05, 0.1) is 12.2 Å². The summed E-state index contributed by atoms with van der Waals surface area (Å²) in [6.07, 6.45) is 1.14. The van der Waals surface area contributed by atoms with Gasteiger partial charge in [-0.15, -0.1) is 11.3 Å². The summed E-state index contributed by atoms with van der Waals surface area (Å²) in [7, 11) is 1.76. The molecule has 23 heavy (non-hydrogen) atoms. The molecule has 6 nitrogen and oxygen atoms in total. The number of anilines is 1. The summed E-state index contributed by atoms with van der Waals surface area (Å²) in [4.78, 5) is 36.9. The van der Waals surface area contributed by atoms with Crippen LogP contribution in [-0.4, -0.2) is 44.0 Å². The molecule has 0 amide bonds. The average Bonchev–Trinajstić information content (AvgIpc) is 2.88. The van der Waals surface area contributed by atoms with Crippen molar-refractivity contribution in [2.75, 3.05) is 25.1 Å². The van der Waals surface area contributed by atoms with Gasteiger partial charge in [-0.3, -0.25) is 0 Å². The molecule has 1 rings (SSSR count). The van der Waals surface area contributed by atoms with E-state index in [0.717, 1.165) is 17.6 Å². The summed E-state index contributed by atoms with van der Waals surface area (Å²) in [6, 6.07) is 1.49. The van der Waals surface area contributed by atoms with E-state index in [-0.39, 0.29) is 6.61 Å². The van der Waals surface area contributed by atoms with E-state index in [1.54, 1.807) is 39.6 Å². The SMILES string of the molecule is CCOC(=O)c1cc(C(=O)OC(C)(C)C)sc1N(C)CCC=O. The monoisotopic (exact) mass is 341 g/mol. The third-order valence-corrected chi connectivity index (χ3v) is 3.97. The van der Waals surface area contributed by atoms with Crippen LogP contribution in [0.1, 0.15) is 54.1 Å². The summed E-state index contributed by atoms with van der Waals surface area (Å²) in [6.45, 7) is 7.75. The smallest absolute Gasteiger partial charge is 0.348 e. The molecule has 0 saturated carbocycles. The Morgan fingerprint density at radius 1 is 1.30 bits per heavy atom. The predicted molar refractivity (Wildman–Crippen MR) is 89.4 cm³/mol. The Hall–Kier alpha value is -1.89. The molecule has 7 heteroatoms. The zero-order valence-electron chi connectivity index (χ0n) is 14.2. The molecule has 0 N–H and O–H groups in total. The Bertz CT molecular complexity index is 574. The van der Waals surface area contributed by atoms with E-state index in [9.17, 15) is 14.4 Å². The van der Waals surface area contributed by atoms with Crippen LogP contribution in [-0.2, 0) is 14.3 Å². The highest BCUT2D eigenvalue weighted by atomic mass is 32.1. The first-order chi connectivity index (χ1) is 10.7. The van der Waals surface area contributed by atoms with Crippen LogP contribution in [0.3, 0.4) is 0 Å². The number of aldehydes is 1. The average molecular weight is 341 g/mol. The van der Waals surface area contributed by atoms with Crippen molar-refractivity contribution in [2.24, 2.45) is 0 Å². The van der Waals surface area contributed by atoms with Gasteiger partial charge in [0.1, 0.15) is 21.8 Å². The van der Waals surface area contributed by atoms with Crippen molar-refractivity contribution in [1.82, 2.24) is 0 Å². The molecule has 128 valence electrons. The maximum atomic E-state index is 12.2. The van der Waals surface area contributed by atoms with Crippen LogP contribution in [0.2, 0.25) is 0 Å². The van der Waals surface area contributed by atoms with E-state index in [1.807, 2.05) is 0 Å². The minimum absolute atomic E-state index is 0.244. The first-order valence-electron chi connectivity index (χ1n) is 7.38. The van der Waals surface area contributed by atoms with Crippen molar-refractivity contribution in [3.05, 3.63) is 16.5 Å². The minimum atomic E-state index is -0.616. The Morgan fingerprint density at radius 2 is 1.96 bits per heavy atom. The third-order valence-electron chi connectivity index (χ3n) is 2.74. The van der Waals surface area contributed by atoms with E-state index in [1.165, 1.54) is 6.07 Å². The molecule has 1 heterocycles. The van der Waals surface area contributed by atoms with Crippen molar-refractivity contribution in [2.45, 2.75) is 39.7 Å². The molecule has 0 atom stereocenters. The van der Waals surface area contributed by atoms with Crippen molar-refractivity contribution in [3.8, 4) is 0 Å². The van der Waals surface area contributed by atoms with Crippen molar-refractivity contribution in [1.29, 1.82) is 0 Å². The molecule has 0 unspecified atom stereocenters. The zero-order chi connectivity index (χ0) is 17.6. The maximum Gasteiger partial charge on any atom is 0.348 e. The molecule has 1 aromatic rings. The maximum absolute atomic E-state index is 12.2. The van der Waals surface area contributed by atoms with E-state index in [4.69, 9.17) is 9.47 Å². The van der Waals surface area contributed by atoms with Gasteiger partial charge in [0.15, 0.2) is 0 Å². The fraction of sp³-hybridized carbons (Fsp3) is 0.562. The topological polar surface area (TPSA) is 72.9 Å². The normalized spacial score (nSPS) is 11.0. The van der Waals surface area contributed by atoms with Gasteiger partial charge in [-0.25, -0.2) is 9.59 Å². The number of esters is 2. The van der Waals surface area contributed by atoms with Crippen molar-refractivity contribution >= 4 is 34.6 Å². The molecule has 0 aliphatic heterocycles. The highest BCUT2D eigenvalue weighted by Crippen LogP contribution is 2.33. The summed E-state index contributed by atoms with van der Waals surface area (Å²) in [5, 5.41) is 0.589. The molecular weight excluding hydrogens is 318 g/mol. The molecule has 0 saturated heterocycles. The first-order valence-corrected chi connectivity index (χ1v) is 8.20. The Balaban J connectivity index is 3.13. The van der Waals surface area contributed by atoms with Gasteiger partial charge in [0.2, 0.25) is 0 Å². The van der Waals surface area contributed by atoms with Crippen LogP contribution in [0.15, 0.2) is 6.07 Å². The summed E-state index contributed by atoms with van der Waals surface area (Å²) in [5.74, 6) is -0.977. The number of hydrogen-bond acceptors (Lipinski definition) is 7. The molecule has 0 radical (unpaired) electrons. The van der Waals surface area contributed by atoms with E-state index >= 15 is 0 Å². The Morgan fingerprint density at radius 3 is 2.48 bits per heavy atom. The summed E-state index contributed by atoms with van der Waals surface area (Å²) in [5.41, 5.74) is -0.305. The molecule has 0 spiro atoms. The standard InChI is InChI=1S/C16H23NO5S/c1-6-21-14(19)11-10-12(15(20)22-16(2,3)4)23-13(11)17(5)8-7-9-18/h9-10H,6-8H2,1-5H3. The summed E-state index contributed by atoms with van der Waals surface area (Å²) < 4.78 is 10.4. The lowest BCUT2D eigenvalue weighted by atomic mass is 10.2. The van der Waals surface area contributed by atoms with Crippen LogP contribution in [0, 0.1) is 0 Å². The van der Waals surface area contributed by atoms with Crippen LogP contribution < -0.4 is 4.90 Å². The number of carbonyl (C=O) groups is 3. The van der Waals surface area contributed by atoms with Gasteiger partial charge < -0.3 is 19.2 Å². The highest BCUT2D eigenvalue weighted by molar-refractivity contribution is 7.18. The van der Waals surface area contributed by atoms with Gasteiger partial charge >= 0.3 is 11.9 Å². The molecule has 0 bridgehead atoms. The fourth-order valence-corrected chi connectivity index (χ4v) is 2.81. The number of carbonyl (C=O) groups excluding carboxylic acids is 3. The van der Waals surface area contributed by atoms with Gasteiger partial charge in [-0.2, -0.15) is 0 Å². The molecular formula is C16H23NO5S. The number of nitrogens with zero attached hydrogens (tertiary/aromatic N) is 1. The highest BCUT2D eigenvalue weighted by Gasteiger charge is 2.25. The molecule has 0 fully saturated rings. The quantitative estimate of drug-likeness (QED) is 0.561. The molecule has 0 aliphatic rings. The first kappa shape index (κ1) is 19.2. The Kier molecular flexibility index (Phi) is 6.75. The second kappa shape index (κ2) is 8.10. The number of thiophene rings is 1. The van der Waals surface area contributed by atoms with Crippen molar-refractivity contribution < 1.29 is 23.9 Å². The number of rotatable bonds is 7. The number of hydrogen-bond donors (Lipinski definition) is 0. The lowest BCUT2D eigenvalue weighted by Gasteiger charge is -2.19. The van der Waals surface area contributed by atoms with Gasteiger partial charge in [0, 0.05) is 20.0 Å².